The summed E-state index contributed by atoms with van der Waals surface area (Å²) in [6.07, 6.45) is 2.38. The molecule has 0 fully saturated rings. The molecule has 1 unspecified atom stereocenters. The number of hydrogen-bond donors (Lipinski definition) is 1. The van der Waals surface area contributed by atoms with Gasteiger partial charge in [-0.1, -0.05) is 0 Å². The van der Waals surface area contributed by atoms with Crippen LogP contribution in [0.5, 0.6) is 0 Å². The molecule has 1 aromatic rings. The summed E-state index contributed by atoms with van der Waals surface area (Å²) in [6, 6.07) is 2.97. The molecule has 0 saturated heterocycles. The Morgan fingerprint density at radius 3 is 2.88 bits per heavy atom. The van der Waals surface area contributed by atoms with Crippen molar-refractivity contribution in [1.29, 1.82) is 0 Å². The smallest absolute Gasteiger partial charge is 0.328 e. The van der Waals surface area contributed by atoms with Crippen LogP contribution >= 0.6 is 0 Å². The van der Waals surface area contributed by atoms with Gasteiger partial charge in [-0.3, -0.25) is 4.79 Å². The lowest BCUT2D eigenvalue weighted by Crippen LogP contribution is -2.39. The molecule has 1 N–H and O–H groups in total. The molecule has 1 rings (SSSR count). The van der Waals surface area contributed by atoms with E-state index in [2.05, 4.69) is 5.32 Å². The number of furan rings is 1. The van der Waals surface area contributed by atoms with Crippen molar-refractivity contribution in [3.63, 3.8) is 0 Å². The van der Waals surface area contributed by atoms with E-state index in [1.807, 2.05) is 6.07 Å². The zero-order valence-electron chi connectivity index (χ0n) is 10.1. The maximum atomic E-state index is 11.5. The monoisotopic (exact) mass is 239 g/mol. The fraction of sp³-hybridized carbons (Fsp3) is 0.500. The highest BCUT2D eigenvalue weighted by atomic mass is 16.5. The van der Waals surface area contributed by atoms with Crippen molar-refractivity contribution in [2.75, 3.05) is 6.61 Å². The normalized spacial score (nSPS) is 11.9. The zero-order valence-corrected chi connectivity index (χ0v) is 10.1. The molecule has 0 bridgehead atoms. The Hall–Kier alpha value is -1.78. The Balaban J connectivity index is 2.27. The number of esters is 1. The highest BCUT2D eigenvalue weighted by molar-refractivity contribution is 5.84. The third kappa shape index (κ3) is 4.72. The van der Waals surface area contributed by atoms with E-state index in [1.54, 1.807) is 26.2 Å². The molecule has 0 aliphatic heterocycles. The number of carbonyl (C=O) groups excluding carboxylic acids is 2. The van der Waals surface area contributed by atoms with Crippen LogP contribution in [0.2, 0.25) is 0 Å². The number of nitrogens with one attached hydrogen (secondary N) is 1. The largest absolute Gasteiger partial charge is 0.469 e. The van der Waals surface area contributed by atoms with Crippen molar-refractivity contribution in [3.05, 3.63) is 24.2 Å². The minimum Gasteiger partial charge on any atom is -0.469 e. The van der Waals surface area contributed by atoms with Gasteiger partial charge >= 0.3 is 5.97 Å². The molecule has 1 amide bonds. The molecule has 0 aliphatic carbocycles. The lowest BCUT2D eigenvalue weighted by Gasteiger charge is -2.12. The van der Waals surface area contributed by atoms with Gasteiger partial charge < -0.3 is 14.5 Å². The molecule has 0 aromatic carbocycles. The van der Waals surface area contributed by atoms with Gasteiger partial charge in [0.1, 0.15) is 11.8 Å². The van der Waals surface area contributed by atoms with Gasteiger partial charge in [0.05, 0.1) is 12.9 Å². The summed E-state index contributed by atoms with van der Waals surface area (Å²) in [7, 11) is 0. The average Bonchev–Trinajstić information content (AvgIpc) is 2.79. The van der Waals surface area contributed by atoms with E-state index in [-0.39, 0.29) is 12.3 Å². The third-order valence-corrected chi connectivity index (χ3v) is 2.20. The standard InChI is InChI=1S/C12H17NO4/c1-3-16-12(15)9(2)13-11(14)7-6-10-5-4-8-17-10/h4-5,8-9H,3,6-7H2,1-2H3,(H,13,14). The van der Waals surface area contributed by atoms with E-state index in [0.29, 0.717) is 13.0 Å². The summed E-state index contributed by atoms with van der Waals surface area (Å²) >= 11 is 0. The van der Waals surface area contributed by atoms with Gasteiger partial charge in [-0.05, 0) is 26.0 Å². The number of rotatable bonds is 6. The van der Waals surface area contributed by atoms with E-state index in [1.165, 1.54) is 0 Å². The van der Waals surface area contributed by atoms with Crippen molar-refractivity contribution < 1.29 is 18.7 Å². The summed E-state index contributed by atoms with van der Waals surface area (Å²) in [5, 5.41) is 2.57. The van der Waals surface area contributed by atoms with Crippen LogP contribution in [0.15, 0.2) is 22.8 Å². The first-order valence-corrected chi connectivity index (χ1v) is 5.62. The van der Waals surface area contributed by atoms with Crippen LogP contribution < -0.4 is 5.32 Å². The van der Waals surface area contributed by atoms with E-state index in [4.69, 9.17) is 9.15 Å². The molecular weight excluding hydrogens is 222 g/mol. The van der Waals surface area contributed by atoms with Crippen molar-refractivity contribution >= 4 is 11.9 Å². The fourth-order valence-corrected chi connectivity index (χ4v) is 1.33. The lowest BCUT2D eigenvalue weighted by molar-refractivity contribution is -0.146. The highest BCUT2D eigenvalue weighted by Crippen LogP contribution is 2.03. The SMILES string of the molecule is CCOC(=O)C(C)NC(=O)CCc1ccco1. The second-order valence-corrected chi connectivity index (χ2v) is 3.62. The number of amides is 1. The molecule has 1 heterocycles. The molecule has 0 aliphatic rings. The van der Waals surface area contributed by atoms with E-state index in [9.17, 15) is 9.59 Å². The van der Waals surface area contributed by atoms with E-state index < -0.39 is 12.0 Å². The average molecular weight is 239 g/mol. The van der Waals surface area contributed by atoms with Gasteiger partial charge in [0.15, 0.2) is 0 Å². The molecule has 1 atom stereocenters. The first-order chi connectivity index (χ1) is 8.13. The van der Waals surface area contributed by atoms with Crippen LogP contribution in [0, 0.1) is 0 Å². The molecule has 0 radical (unpaired) electrons. The number of ether oxygens (including phenoxy) is 1. The van der Waals surface area contributed by atoms with Gasteiger partial charge in [-0.25, -0.2) is 4.79 Å². The minimum atomic E-state index is -0.612. The molecular formula is C12H17NO4. The number of hydrogen-bond acceptors (Lipinski definition) is 4. The quantitative estimate of drug-likeness (QED) is 0.759. The Morgan fingerprint density at radius 2 is 2.29 bits per heavy atom. The third-order valence-electron chi connectivity index (χ3n) is 2.20. The molecule has 94 valence electrons. The first kappa shape index (κ1) is 13.3. The zero-order chi connectivity index (χ0) is 12.7. The summed E-state index contributed by atoms with van der Waals surface area (Å²) < 4.78 is 9.89. The first-order valence-electron chi connectivity index (χ1n) is 5.62. The van der Waals surface area contributed by atoms with E-state index >= 15 is 0 Å². The second kappa shape index (κ2) is 6.73. The Bertz CT molecular complexity index is 359. The van der Waals surface area contributed by atoms with Crippen LogP contribution in [0.25, 0.3) is 0 Å². The highest BCUT2D eigenvalue weighted by Gasteiger charge is 2.16. The molecule has 0 saturated carbocycles. The van der Waals surface area contributed by atoms with Crippen LogP contribution in [-0.2, 0) is 20.7 Å². The lowest BCUT2D eigenvalue weighted by atomic mass is 10.2. The van der Waals surface area contributed by atoms with Gasteiger partial charge in [0, 0.05) is 12.8 Å². The molecule has 0 spiro atoms. The van der Waals surface area contributed by atoms with Crippen LogP contribution in [0.4, 0.5) is 0 Å². The Kier molecular flexibility index (Phi) is 5.26. The maximum Gasteiger partial charge on any atom is 0.328 e. The van der Waals surface area contributed by atoms with Gasteiger partial charge in [0.2, 0.25) is 5.91 Å². The Labute approximate surface area is 100 Å². The second-order valence-electron chi connectivity index (χ2n) is 3.62. The minimum absolute atomic E-state index is 0.193. The predicted molar refractivity (Wildman–Crippen MR) is 61.3 cm³/mol. The van der Waals surface area contributed by atoms with E-state index in [0.717, 1.165) is 5.76 Å². The molecule has 5 nitrogen and oxygen atoms in total. The number of carbonyl (C=O) groups is 2. The summed E-state index contributed by atoms with van der Waals surface area (Å²) in [5.74, 6) is 0.143. The van der Waals surface area contributed by atoms with Crippen LogP contribution in [0.3, 0.4) is 0 Å². The predicted octanol–water partition coefficient (Wildman–Crippen LogP) is 1.28. The number of aryl methyl sites for hydroxylation is 1. The molecule has 17 heavy (non-hydrogen) atoms. The van der Waals surface area contributed by atoms with Gasteiger partial charge in [0.25, 0.3) is 0 Å². The van der Waals surface area contributed by atoms with Crippen LogP contribution in [-0.4, -0.2) is 24.5 Å². The maximum absolute atomic E-state index is 11.5. The van der Waals surface area contributed by atoms with Crippen molar-refractivity contribution in [3.8, 4) is 0 Å². The Morgan fingerprint density at radius 1 is 1.53 bits per heavy atom. The van der Waals surface area contributed by atoms with Crippen LogP contribution in [0.1, 0.15) is 26.0 Å². The summed E-state index contributed by atoms with van der Waals surface area (Å²) in [4.78, 5) is 22.8. The molecule has 1 aromatic heterocycles. The summed E-state index contributed by atoms with van der Waals surface area (Å²) in [6.45, 7) is 3.64. The fourth-order valence-electron chi connectivity index (χ4n) is 1.33. The van der Waals surface area contributed by atoms with Crippen molar-refractivity contribution in [2.24, 2.45) is 0 Å². The van der Waals surface area contributed by atoms with Crippen molar-refractivity contribution in [2.45, 2.75) is 32.7 Å². The molecule has 5 heteroatoms. The van der Waals surface area contributed by atoms with Crippen molar-refractivity contribution in [1.82, 2.24) is 5.32 Å². The van der Waals surface area contributed by atoms with Gasteiger partial charge in [-0.2, -0.15) is 0 Å². The topological polar surface area (TPSA) is 68.5 Å². The summed E-state index contributed by atoms with van der Waals surface area (Å²) in [5.41, 5.74) is 0. The van der Waals surface area contributed by atoms with Gasteiger partial charge in [-0.15, -0.1) is 0 Å².